The van der Waals surface area contributed by atoms with Crippen molar-refractivity contribution in [2.45, 2.75) is 17.4 Å². The minimum absolute atomic E-state index is 0. The summed E-state index contributed by atoms with van der Waals surface area (Å²) in [6.07, 6.45) is -6.79. The fourth-order valence-corrected chi connectivity index (χ4v) is 0.767. The molecule has 0 fully saturated rings. The predicted molar refractivity (Wildman–Crippen MR) is 27.5 cm³/mol. The number of halogens is 7. The largest absolute Gasteiger partial charge is 0.461 e. The first-order valence-corrected chi connectivity index (χ1v) is 3.98. The summed E-state index contributed by atoms with van der Waals surface area (Å²) >= 11 is 0. The van der Waals surface area contributed by atoms with Gasteiger partial charge in [0.1, 0.15) is 0 Å². The molecule has 0 rings (SSSR count). The second-order valence-electron chi connectivity index (χ2n) is 2.06. The van der Waals surface area contributed by atoms with Crippen LogP contribution in [0.15, 0.2) is 0 Å². The van der Waals surface area contributed by atoms with Crippen LogP contribution in [0.5, 0.6) is 0 Å². The normalized spacial score (nSPS) is 14.7. The van der Waals surface area contributed by atoms with E-state index >= 15 is 0 Å². The van der Waals surface area contributed by atoms with Gasteiger partial charge in [0.05, 0.1) is 0 Å². The van der Waals surface area contributed by atoms with Crippen LogP contribution in [0.1, 0.15) is 0 Å². The maximum absolute atomic E-state index is 11.9. The molecule has 0 aliphatic carbocycles. The van der Waals surface area contributed by atoms with Crippen molar-refractivity contribution in [1.82, 2.24) is 0 Å². The van der Waals surface area contributed by atoms with Crippen molar-refractivity contribution in [3.05, 3.63) is 0 Å². The molecule has 0 aliphatic heterocycles. The van der Waals surface area contributed by atoms with E-state index in [9.17, 15) is 39.2 Å². The van der Waals surface area contributed by atoms with Crippen molar-refractivity contribution in [3.63, 3.8) is 0 Å². The fourth-order valence-electron chi connectivity index (χ4n) is 0.327. The van der Waals surface area contributed by atoms with E-state index in [1.807, 2.05) is 0 Å². The van der Waals surface area contributed by atoms with Gasteiger partial charge in [-0.25, -0.2) is 0 Å². The van der Waals surface area contributed by atoms with Crippen molar-refractivity contribution in [3.8, 4) is 0 Å². The maximum atomic E-state index is 11.9. The Kier molecular flexibility index (Phi) is 5.11. The molecule has 0 unspecified atom stereocenters. The van der Waals surface area contributed by atoms with Crippen LogP contribution in [0.3, 0.4) is 0 Å². The molecular weight excluding hydrogens is 450 g/mol. The molecule has 0 amide bonds. The van der Waals surface area contributed by atoms with E-state index < -0.39 is 27.5 Å². The Hall–Kier alpha value is 0.355. The molecule has 0 aromatic rings. The van der Waals surface area contributed by atoms with Crippen LogP contribution in [-0.4, -0.2) is 30.3 Å². The van der Waals surface area contributed by atoms with Gasteiger partial charge < -0.3 is 0 Å². The van der Waals surface area contributed by atoms with Gasteiger partial charge in [0, 0.05) is 27.7 Å². The number of hydrogen-bond acceptors (Lipinski definition) is 2. The van der Waals surface area contributed by atoms with Crippen LogP contribution in [0, 0.1) is 0 Å². The Balaban J connectivity index is 0. The van der Waals surface area contributed by atoms with E-state index in [2.05, 4.69) is 0 Å². The molecule has 0 aromatic heterocycles. The first kappa shape index (κ1) is 17.7. The SMILES string of the molecule is O=S(=O)(O)C(F)(F)C(F)(F)C(F)(F)F.[Hg]. The standard InChI is InChI=1S/C3HF7O3S.Hg/c4-1(5,2(6,7)8)3(9,10)14(11,12)13;/h(H,11,12,13);. The predicted octanol–water partition coefficient (Wildman–Crippen LogP) is 1.66. The minimum atomic E-state index is -6.85. The van der Waals surface area contributed by atoms with Gasteiger partial charge in [0.15, 0.2) is 0 Å². The molecule has 0 aromatic carbocycles. The van der Waals surface area contributed by atoms with Gasteiger partial charge in [-0.3, -0.25) is 4.55 Å². The molecule has 0 saturated heterocycles. The average Bonchev–Trinajstić information content (AvgIpc) is 1.81. The van der Waals surface area contributed by atoms with Gasteiger partial charge in [0.25, 0.3) is 0 Å². The van der Waals surface area contributed by atoms with Crippen LogP contribution in [0.2, 0.25) is 0 Å². The van der Waals surface area contributed by atoms with Gasteiger partial charge in [-0.05, 0) is 0 Å². The van der Waals surface area contributed by atoms with E-state index in [1.54, 1.807) is 0 Å². The van der Waals surface area contributed by atoms with Gasteiger partial charge in [0.2, 0.25) is 0 Å². The fraction of sp³-hybridized carbons (Fsp3) is 1.00. The molecule has 0 spiro atoms. The van der Waals surface area contributed by atoms with Crippen molar-refractivity contribution >= 4 is 10.1 Å². The third-order valence-corrected chi connectivity index (χ3v) is 1.95. The van der Waals surface area contributed by atoms with Gasteiger partial charge >= 0.3 is 27.5 Å². The zero-order chi connectivity index (χ0) is 12.0. The second kappa shape index (κ2) is 4.32. The Morgan fingerprint density at radius 3 is 1.20 bits per heavy atom. The topological polar surface area (TPSA) is 54.4 Å². The summed E-state index contributed by atoms with van der Waals surface area (Å²) in [6, 6.07) is 0. The average molecular weight is 451 g/mol. The Labute approximate surface area is 98.9 Å². The Bertz CT molecular complexity index is 319. The Morgan fingerprint density at radius 2 is 1.13 bits per heavy atom. The molecule has 0 aliphatic rings. The van der Waals surface area contributed by atoms with Crippen LogP contribution in [0.4, 0.5) is 30.7 Å². The third kappa shape index (κ3) is 2.93. The first-order valence-electron chi connectivity index (χ1n) is 2.54. The zero-order valence-corrected chi connectivity index (χ0v) is 12.8. The summed E-state index contributed by atoms with van der Waals surface area (Å²) < 4.78 is 108. The van der Waals surface area contributed by atoms with Crippen LogP contribution in [-0.2, 0) is 37.8 Å². The van der Waals surface area contributed by atoms with Crippen LogP contribution < -0.4 is 0 Å². The van der Waals surface area contributed by atoms with E-state index in [0.29, 0.717) is 0 Å². The van der Waals surface area contributed by atoms with E-state index in [4.69, 9.17) is 4.55 Å². The summed E-state index contributed by atoms with van der Waals surface area (Å²) in [5.41, 5.74) is 0. The van der Waals surface area contributed by atoms with Crippen molar-refractivity contribution in [2.24, 2.45) is 0 Å². The van der Waals surface area contributed by atoms with E-state index in [0.717, 1.165) is 0 Å². The summed E-state index contributed by atoms with van der Waals surface area (Å²) in [6.45, 7) is 0. The van der Waals surface area contributed by atoms with Crippen molar-refractivity contribution < 1.29 is 71.4 Å². The molecule has 3 nitrogen and oxygen atoms in total. The molecule has 0 radical (unpaired) electrons. The van der Waals surface area contributed by atoms with Crippen LogP contribution in [0.25, 0.3) is 0 Å². The molecular formula is C3HF7HgO3S. The summed E-state index contributed by atoms with van der Waals surface area (Å²) in [7, 11) is -6.85. The minimum Gasteiger partial charge on any atom is -0.281 e. The first-order chi connectivity index (χ1) is 5.75. The third-order valence-electron chi connectivity index (χ3n) is 1.05. The number of alkyl halides is 7. The molecule has 0 saturated carbocycles. The van der Waals surface area contributed by atoms with Gasteiger partial charge in [-0.15, -0.1) is 0 Å². The summed E-state index contributed by atoms with van der Waals surface area (Å²) in [5.74, 6) is -6.85. The molecule has 12 heteroatoms. The zero-order valence-electron chi connectivity index (χ0n) is 6.52. The Morgan fingerprint density at radius 1 is 0.867 bits per heavy atom. The van der Waals surface area contributed by atoms with Gasteiger partial charge in [-0.2, -0.15) is 39.2 Å². The van der Waals surface area contributed by atoms with E-state index in [1.165, 1.54) is 0 Å². The smallest absolute Gasteiger partial charge is 0.281 e. The molecule has 1 N–H and O–H groups in total. The number of hydrogen-bond donors (Lipinski definition) is 1. The summed E-state index contributed by atoms with van der Waals surface area (Å²) in [5, 5.41) is -6.61. The molecule has 0 bridgehead atoms. The maximum Gasteiger partial charge on any atom is 0.461 e. The molecule has 88 valence electrons. The summed E-state index contributed by atoms with van der Waals surface area (Å²) in [4.78, 5) is 0. The molecule has 15 heavy (non-hydrogen) atoms. The van der Waals surface area contributed by atoms with Crippen molar-refractivity contribution in [1.29, 1.82) is 0 Å². The van der Waals surface area contributed by atoms with Crippen LogP contribution >= 0.6 is 0 Å². The van der Waals surface area contributed by atoms with E-state index in [-0.39, 0.29) is 27.7 Å². The van der Waals surface area contributed by atoms with Gasteiger partial charge in [-0.1, -0.05) is 0 Å². The monoisotopic (exact) mass is 452 g/mol. The van der Waals surface area contributed by atoms with Crippen molar-refractivity contribution in [2.75, 3.05) is 0 Å². The quantitative estimate of drug-likeness (QED) is 0.396. The second-order valence-corrected chi connectivity index (χ2v) is 3.53. The molecule has 0 atom stereocenters. The molecule has 0 heterocycles. The number of rotatable bonds is 2.